The number of hydrogen-bond donors (Lipinski definition) is 0. The Bertz CT molecular complexity index is 294. The lowest BCUT2D eigenvalue weighted by Crippen LogP contribution is -2.29. The summed E-state index contributed by atoms with van der Waals surface area (Å²) in [6.07, 6.45) is 2.11. The molecule has 0 aromatic carbocycles. The van der Waals surface area contributed by atoms with E-state index in [1.54, 1.807) is 0 Å². The SMILES string of the molecule is CC(C)(C)OC1(C)CC12CC2C(=O)I. The van der Waals surface area contributed by atoms with Crippen molar-refractivity contribution in [1.82, 2.24) is 0 Å². The molecule has 0 aliphatic heterocycles. The van der Waals surface area contributed by atoms with Gasteiger partial charge >= 0.3 is 0 Å². The predicted molar refractivity (Wildman–Crippen MR) is 63.4 cm³/mol. The third kappa shape index (κ3) is 1.52. The van der Waals surface area contributed by atoms with Crippen LogP contribution < -0.4 is 0 Å². The molecule has 80 valence electrons. The van der Waals surface area contributed by atoms with Crippen LogP contribution in [0.1, 0.15) is 40.5 Å². The van der Waals surface area contributed by atoms with E-state index < -0.39 is 0 Å². The summed E-state index contributed by atoms with van der Waals surface area (Å²) in [5.74, 6) is 0.274. The fraction of sp³-hybridized carbons (Fsp3) is 0.909. The summed E-state index contributed by atoms with van der Waals surface area (Å²) in [5.41, 5.74) is 0.0923. The first-order valence-electron chi connectivity index (χ1n) is 5.10. The van der Waals surface area contributed by atoms with Crippen LogP contribution in [0.4, 0.5) is 0 Å². The van der Waals surface area contributed by atoms with Crippen molar-refractivity contribution in [3.05, 3.63) is 0 Å². The molecule has 0 radical (unpaired) electrons. The van der Waals surface area contributed by atoms with Gasteiger partial charge in [0.1, 0.15) is 0 Å². The van der Waals surface area contributed by atoms with E-state index in [2.05, 4.69) is 27.7 Å². The van der Waals surface area contributed by atoms with Crippen molar-refractivity contribution in [1.29, 1.82) is 0 Å². The van der Waals surface area contributed by atoms with Gasteiger partial charge in [-0.05, 0) is 63.1 Å². The van der Waals surface area contributed by atoms with Gasteiger partial charge < -0.3 is 4.74 Å². The van der Waals surface area contributed by atoms with E-state index in [9.17, 15) is 4.79 Å². The number of carbonyl (C=O) groups is 1. The van der Waals surface area contributed by atoms with Crippen LogP contribution in [0.5, 0.6) is 0 Å². The van der Waals surface area contributed by atoms with E-state index in [4.69, 9.17) is 4.74 Å². The molecule has 2 aliphatic carbocycles. The highest BCUT2D eigenvalue weighted by molar-refractivity contribution is 14.1. The zero-order chi connectivity index (χ0) is 10.8. The van der Waals surface area contributed by atoms with Crippen LogP contribution in [0.25, 0.3) is 0 Å². The summed E-state index contributed by atoms with van der Waals surface area (Å²) >= 11 is 1.92. The van der Waals surface area contributed by atoms with Gasteiger partial charge in [0.05, 0.1) is 11.2 Å². The van der Waals surface area contributed by atoms with Gasteiger partial charge in [-0.25, -0.2) is 0 Å². The lowest BCUT2D eigenvalue weighted by molar-refractivity contribution is -0.112. The van der Waals surface area contributed by atoms with Crippen LogP contribution in [0.2, 0.25) is 0 Å². The normalized spacial score (nSPS) is 45.4. The molecule has 3 unspecified atom stereocenters. The maximum atomic E-state index is 11.2. The Labute approximate surface area is 98.9 Å². The maximum absolute atomic E-state index is 11.2. The molecule has 2 nitrogen and oxygen atoms in total. The second-order valence-electron chi connectivity index (χ2n) is 5.84. The molecule has 0 saturated heterocycles. The fourth-order valence-corrected chi connectivity index (χ4v) is 3.57. The van der Waals surface area contributed by atoms with Crippen molar-refractivity contribution in [3.8, 4) is 0 Å². The highest BCUT2D eigenvalue weighted by Gasteiger charge is 2.80. The third-order valence-electron chi connectivity index (χ3n) is 3.46. The Morgan fingerprint density at radius 2 is 2.07 bits per heavy atom. The first-order valence-corrected chi connectivity index (χ1v) is 6.18. The molecule has 0 heterocycles. The molecule has 0 N–H and O–H groups in total. The van der Waals surface area contributed by atoms with Gasteiger partial charge in [0.2, 0.25) is 0 Å². The van der Waals surface area contributed by atoms with Crippen molar-refractivity contribution >= 4 is 26.4 Å². The number of halogens is 1. The zero-order valence-corrected chi connectivity index (χ0v) is 11.3. The topological polar surface area (TPSA) is 26.3 Å². The molecule has 0 bridgehead atoms. The fourth-order valence-electron chi connectivity index (χ4n) is 2.75. The Morgan fingerprint density at radius 1 is 1.50 bits per heavy atom. The molecular weight excluding hydrogens is 291 g/mol. The molecule has 3 atom stereocenters. The highest BCUT2D eigenvalue weighted by atomic mass is 127. The molecule has 2 aliphatic rings. The Balaban J connectivity index is 2.01. The van der Waals surface area contributed by atoms with Gasteiger partial charge in [-0.2, -0.15) is 0 Å². The van der Waals surface area contributed by atoms with Crippen molar-refractivity contribution in [2.75, 3.05) is 0 Å². The van der Waals surface area contributed by atoms with E-state index in [1.165, 1.54) is 0 Å². The second kappa shape index (κ2) is 2.73. The Hall–Kier alpha value is 0.360. The molecule has 1 spiro atoms. The molecule has 14 heavy (non-hydrogen) atoms. The minimum absolute atomic E-state index is 0.0310. The van der Waals surface area contributed by atoms with E-state index >= 15 is 0 Å². The molecule has 0 aromatic rings. The molecular formula is C11H17IO2. The van der Waals surface area contributed by atoms with Crippen LogP contribution in [-0.2, 0) is 9.53 Å². The summed E-state index contributed by atoms with van der Waals surface area (Å²) < 4.78 is 6.35. The summed E-state index contributed by atoms with van der Waals surface area (Å²) in [4.78, 5) is 11.2. The Kier molecular flexibility index (Phi) is 2.12. The first-order chi connectivity index (χ1) is 6.20. The van der Waals surface area contributed by atoms with Gasteiger partial charge in [-0.15, -0.1) is 0 Å². The molecule has 0 amide bonds. The van der Waals surface area contributed by atoms with Gasteiger partial charge in [-0.3, -0.25) is 4.79 Å². The van der Waals surface area contributed by atoms with E-state index in [1.807, 2.05) is 22.6 Å². The molecule has 3 heteroatoms. The smallest absolute Gasteiger partial charge is 0.196 e. The standard InChI is InChI=1S/C11H17IO2/c1-9(2,3)14-10(4)6-11(10)5-7(11)8(12)13/h7H,5-6H2,1-4H3. The van der Waals surface area contributed by atoms with Crippen LogP contribution in [0, 0.1) is 11.3 Å². The van der Waals surface area contributed by atoms with Gasteiger partial charge in [0.25, 0.3) is 0 Å². The Morgan fingerprint density at radius 3 is 2.43 bits per heavy atom. The minimum atomic E-state index is -0.0975. The van der Waals surface area contributed by atoms with Crippen molar-refractivity contribution in [2.24, 2.45) is 11.3 Å². The van der Waals surface area contributed by atoms with E-state index in [-0.39, 0.29) is 22.5 Å². The zero-order valence-electron chi connectivity index (χ0n) is 9.19. The maximum Gasteiger partial charge on any atom is 0.196 e. The van der Waals surface area contributed by atoms with Crippen LogP contribution in [-0.4, -0.2) is 15.0 Å². The summed E-state index contributed by atoms with van der Waals surface area (Å²) in [7, 11) is 0. The van der Waals surface area contributed by atoms with Gasteiger partial charge in [0.15, 0.2) is 3.79 Å². The van der Waals surface area contributed by atoms with Crippen molar-refractivity contribution in [3.63, 3.8) is 0 Å². The molecule has 0 aromatic heterocycles. The number of rotatable bonds is 2. The van der Waals surface area contributed by atoms with Gasteiger partial charge in [-0.1, -0.05) is 0 Å². The largest absolute Gasteiger partial charge is 0.369 e. The van der Waals surface area contributed by atoms with E-state index in [0.717, 1.165) is 12.8 Å². The van der Waals surface area contributed by atoms with Crippen LogP contribution in [0.15, 0.2) is 0 Å². The van der Waals surface area contributed by atoms with Crippen LogP contribution in [0.3, 0.4) is 0 Å². The third-order valence-corrected chi connectivity index (χ3v) is 4.21. The molecule has 2 rings (SSSR count). The van der Waals surface area contributed by atoms with Crippen molar-refractivity contribution in [2.45, 2.75) is 51.7 Å². The lowest BCUT2D eigenvalue weighted by atomic mass is 10.1. The molecule has 2 saturated carbocycles. The number of carbonyl (C=O) groups excluding carboxylic acids is 1. The quantitative estimate of drug-likeness (QED) is 0.579. The van der Waals surface area contributed by atoms with Crippen LogP contribution >= 0.6 is 22.6 Å². The van der Waals surface area contributed by atoms with Crippen molar-refractivity contribution < 1.29 is 9.53 Å². The van der Waals surface area contributed by atoms with E-state index in [0.29, 0.717) is 3.79 Å². The molecule has 2 fully saturated rings. The minimum Gasteiger partial charge on any atom is -0.369 e. The second-order valence-corrected chi connectivity index (χ2v) is 6.90. The average molecular weight is 308 g/mol. The highest BCUT2D eigenvalue weighted by Crippen LogP contribution is 2.79. The first kappa shape index (κ1) is 10.9. The van der Waals surface area contributed by atoms with Gasteiger partial charge in [0, 0.05) is 11.3 Å². The lowest BCUT2D eigenvalue weighted by Gasteiger charge is -2.26. The average Bonchev–Trinajstić information content (AvgIpc) is 2.69. The summed E-state index contributed by atoms with van der Waals surface area (Å²) in [6.45, 7) is 8.38. The monoisotopic (exact) mass is 308 g/mol. The predicted octanol–water partition coefficient (Wildman–Crippen LogP) is 2.93. The number of hydrogen-bond acceptors (Lipinski definition) is 2. The number of ether oxygens (including phenoxy) is 1. The summed E-state index contributed by atoms with van der Waals surface area (Å²) in [6, 6.07) is 0. The summed E-state index contributed by atoms with van der Waals surface area (Å²) in [5, 5.41) is 0.